The van der Waals surface area contributed by atoms with Gasteiger partial charge in [0.1, 0.15) is 42.9 Å². The van der Waals surface area contributed by atoms with E-state index in [0.717, 1.165) is 30.4 Å². The number of fused-ring (bicyclic) bond motifs is 2. The standard InChI is InChI=1S/C51H55F2N3O9/c1-3-28-64-51-47(55(32-35-14-19-38(52)20-15-35)48(59)25-18-34-16-21-39(22-17-34)56(60)61)31-45(54-62-2)42-29-36(10-6-8-26-57)41(12-7-9-27-58)49(50(42)51)43-30-40(23-24-46(43)65-51)63-33-37-11-4-5-13-44(37)53/h3-5,11,13-25,29-30,36,41,47,49-50,57-58H,1,6-10,12,26-28,31-33H2,2H3. The molecule has 6 atom stereocenters. The van der Waals surface area contributed by atoms with Gasteiger partial charge in [-0.05, 0) is 109 Å². The highest BCUT2D eigenvalue weighted by molar-refractivity contribution is 6.03. The summed E-state index contributed by atoms with van der Waals surface area (Å²) in [6.07, 6.45) is 11.1. The number of oxime groups is 1. The number of allylic oxidation sites excluding steroid dienone is 1. The van der Waals surface area contributed by atoms with Gasteiger partial charge in [0.2, 0.25) is 11.7 Å². The maximum absolute atomic E-state index is 15.0. The monoisotopic (exact) mass is 891 g/mol. The number of halogens is 2. The van der Waals surface area contributed by atoms with Crippen molar-refractivity contribution >= 4 is 23.4 Å². The first kappa shape index (κ1) is 46.8. The third-order valence-corrected chi connectivity index (χ3v) is 12.6. The second-order valence-electron chi connectivity index (χ2n) is 16.6. The van der Waals surface area contributed by atoms with Crippen LogP contribution in [0.5, 0.6) is 11.5 Å². The summed E-state index contributed by atoms with van der Waals surface area (Å²) in [6, 6.07) is 22.8. The molecular formula is C51H55F2N3O9. The van der Waals surface area contributed by atoms with Crippen molar-refractivity contribution in [2.45, 2.75) is 75.8 Å². The molecule has 14 heteroatoms. The van der Waals surface area contributed by atoms with Crippen LogP contribution in [0.2, 0.25) is 0 Å². The molecular weight excluding hydrogens is 837 g/mol. The lowest BCUT2D eigenvalue weighted by Gasteiger charge is -2.60. The van der Waals surface area contributed by atoms with E-state index in [4.69, 9.17) is 19.0 Å². The van der Waals surface area contributed by atoms with E-state index in [2.05, 4.69) is 17.8 Å². The maximum atomic E-state index is 15.0. The number of non-ortho nitro benzene ring substituents is 1. The zero-order valence-electron chi connectivity index (χ0n) is 36.4. The van der Waals surface area contributed by atoms with E-state index in [1.165, 1.54) is 43.5 Å². The number of amides is 1. The summed E-state index contributed by atoms with van der Waals surface area (Å²) in [5, 5.41) is 35.8. The van der Waals surface area contributed by atoms with E-state index in [0.29, 0.717) is 53.2 Å². The Morgan fingerprint density at radius 3 is 2.43 bits per heavy atom. The highest BCUT2D eigenvalue weighted by Gasteiger charge is 2.65. The van der Waals surface area contributed by atoms with Crippen LogP contribution in [0.3, 0.4) is 0 Å². The largest absolute Gasteiger partial charge is 0.489 e. The number of benzene rings is 4. The van der Waals surface area contributed by atoms with Gasteiger partial charge in [0.05, 0.1) is 23.2 Å². The highest BCUT2D eigenvalue weighted by atomic mass is 19.1. The molecule has 0 spiro atoms. The summed E-state index contributed by atoms with van der Waals surface area (Å²) in [5.74, 6) is -2.86. The van der Waals surface area contributed by atoms with E-state index in [-0.39, 0.29) is 68.7 Å². The second kappa shape index (κ2) is 21.6. The molecule has 4 aromatic carbocycles. The number of nitro groups is 1. The number of hydrogen-bond acceptors (Lipinski definition) is 10. The van der Waals surface area contributed by atoms with Crippen LogP contribution in [0.25, 0.3) is 6.08 Å². The van der Waals surface area contributed by atoms with E-state index >= 15 is 0 Å². The first-order valence-electron chi connectivity index (χ1n) is 22.1. The lowest BCUT2D eigenvalue weighted by atomic mass is 9.55. The van der Waals surface area contributed by atoms with Crippen LogP contribution >= 0.6 is 0 Å². The Hall–Kier alpha value is -6.22. The van der Waals surface area contributed by atoms with Crippen LogP contribution in [0.15, 0.2) is 127 Å². The normalized spacial score (nSPS) is 22.6. The van der Waals surface area contributed by atoms with Crippen molar-refractivity contribution in [2.75, 3.05) is 26.9 Å². The van der Waals surface area contributed by atoms with Crippen molar-refractivity contribution in [2.24, 2.45) is 22.9 Å². The van der Waals surface area contributed by atoms with Crippen LogP contribution < -0.4 is 9.47 Å². The molecule has 0 aromatic heterocycles. The SMILES string of the molecule is C=CCOC12Oc3ccc(OCc4ccccc4F)cc3C3C(CCCCO)C(CCCCO)C=C(C(=NOC)CC1N(Cc1ccc(F)cc1)C(=O)C=Cc1ccc([N+](=O)[O-])cc1)C32. The predicted octanol–water partition coefficient (Wildman–Crippen LogP) is 9.46. The summed E-state index contributed by atoms with van der Waals surface area (Å²) in [6.45, 7) is 4.10. The molecule has 1 aliphatic heterocycles. The van der Waals surface area contributed by atoms with Crippen molar-refractivity contribution in [1.29, 1.82) is 0 Å². The van der Waals surface area contributed by atoms with Crippen molar-refractivity contribution < 1.29 is 47.8 Å². The predicted molar refractivity (Wildman–Crippen MR) is 242 cm³/mol. The molecule has 65 heavy (non-hydrogen) atoms. The Kier molecular flexibility index (Phi) is 15.6. The topological polar surface area (TPSA) is 153 Å². The lowest BCUT2D eigenvalue weighted by molar-refractivity contribution is -0.384. The Balaban J connectivity index is 1.42. The minimum atomic E-state index is -1.58. The average molecular weight is 892 g/mol. The number of nitro benzene ring substituents is 1. The molecule has 2 aliphatic carbocycles. The molecule has 7 rings (SSSR count). The first-order valence-corrected chi connectivity index (χ1v) is 22.1. The van der Waals surface area contributed by atoms with E-state index in [1.54, 1.807) is 65.6 Å². The first-order chi connectivity index (χ1) is 31.6. The summed E-state index contributed by atoms with van der Waals surface area (Å²) in [5.41, 5.74) is 3.75. The maximum Gasteiger partial charge on any atom is 0.269 e. The molecule has 4 aromatic rings. The van der Waals surface area contributed by atoms with Gasteiger partial charge in [-0.2, -0.15) is 0 Å². The summed E-state index contributed by atoms with van der Waals surface area (Å²) in [4.78, 5) is 33.0. The fourth-order valence-corrected chi connectivity index (χ4v) is 9.72. The van der Waals surface area contributed by atoms with Crippen molar-refractivity contribution in [3.8, 4) is 11.5 Å². The third kappa shape index (κ3) is 10.5. The quantitative estimate of drug-likeness (QED) is 0.0274. The number of rotatable bonds is 21. The Bertz CT molecular complexity index is 2390. The minimum absolute atomic E-state index is 0.00698. The number of carbonyl (C=O) groups is 1. The van der Waals surface area contributed by atoms with Crippen LogP contribution in [0.4, 0.5) is 14.5 Å². The average Bonchev–Trinajstić information content (AvgIpc) is 3.31. The Labute approximate surface area is 377 Å². The molecule has 3 aliphatic rings. The lowest BCUT2D eigenvalue weighted by Crippen LogP contribution is -2.70. The zero-order valence-corrected chi connectivity index (χ0v) is 36.4. The fraction of sp³-hybridized carbons (Fsp3) is 0.373. The number of unbranched alkanes of at least 4 members (excludes halogenated alkanes) is 2. The van der Waals surface area contributed by atoms with Crippen LogP contribution in [-0.4, -0.2) is 70.4 Å². The van der Waals surface area contributed by atoms with Gasteiger partial charge < -0.3 is 34.2 Å². The van der Waals surface area contributed by atoms with Crippen LogP contribution in [-0.2, 0) is 27.5 Å². The summed E-state index contributed by atoms with van der Waals surface area (Å²) >= 11 is 0. The zero-order chi connectivity index (χ0) is 45.9. The van der Waals surface area contributed by atoms with E-state index < -0.39 is 34.4 Å². The Morgan fingerprint density at radius 1 is 1.00 bits per heavy atom. The number of carbonyl (C=O) groups excluding carboxylic acids is 1. The smallest absolute Gasteiger partial charge is 0.269 e. The van der Waals surface area contributed by atoms with Gasteiger partial charge in [-0.3, -0.25) is 14.9 Å². The van der Waals surface area contributed by atoms with Crippen molar-refractivity contribution in [3.63, 3.8) is 0 Å². The molecule has 1 fully saturated rings. The molecule has 2 N–H and O–H groups in total. The minimum Gasteiger partial charge on any atom is -0.489 e. The van der Waals surface area contributed by atoms with Crippen molar-refractivity contribution in [1.82, 2.24) is 4.90 Å². The van der Waals surface area contributed by atoms with Crippen molar-refractivity contribution in [3.05, 3.63) is 165 Å². The molecule has 12 nitrogen and oxygen atoms in total. The molecule has 342 valence electrons. The highest BCUT2D eigenvalue weighted by Crippen LogP contribution is 2.62. The molecule has 1 saturated carbocycles. The number of ether oxygens (including phenoxy) is 3. The Morgan fingerprint density at radius 2 is 1.74 bits per heavy atom. The van der Waals surface area contributed by atoms with E-state index in [1.807, 2.05) is 12.1 Å². The van der Waals surface area contributed by atoms with Gasteiger partial charge in [0.15, 0.2) is 0 Å². The number of nitrogens with zero attached hydrogens (tertiary/aromatic N) is 3. The van der Waals surface area contributed by atoms with E-state index in [9.17, 15) is 33.9 Å². The molecule has 1 amide bonds. The molecule has 6 unspecified atom stereocenters. The number of aliphatic hydroxyl groups excluding tert-OH is 2. The summed E-state index contributed by atoms with van der Waals surface area (Å²) in [7, 11) is 1.47. The molecule has 0 saturated heterocycles. The summed E-state index contributed by atoms with van der Waals surface area (Å²) < 4.78 is 49.7. The number of aliphatic hydroxyl groups is 2. The third-order valence-electron chi connectivity index (χ3n) is 12.6. The van der Waals surface area contributed by atoms with Gasteiger partial charge in [-0.15, -0.1) is 6.58 Å². The fourth-order valence-electron chi connectivity index (χ4n) is 9.72. The molecule has 0 radical (unpaired) electrons. The van der Waals surface area contributed by atoms with Gasteiger partial charge in [0.25, 0.3) is 5.69 Å². The van der Waals surface area contributed by atoms with Crippen LogP contribution in [0.1, 0.15) is 73.1 Å². The molecule has 0 bridgehead atoms. The van der Waals surface area contributed by atoms with Gasteiger partial charge in [-0.1, -0.05) is 60.5 Å². The van der Waals surface area contributed by atoms with Gasteiger partial charge >= 0.3 is 0 Å². The van der Waals surface area contributed by atoms with Gasteiger partial charge in [0, 0.05) is 61.4 Å². The molecule has 1 heterocycles. The van der Waals surface area contributed by atoms with Crippen LogP contribution in [0, 0.1) is 39.5 Å². The number of hydrogen-bond donors (Lipinski definition) is 2. The second-order valence-corrected chi connectivity index (χ2v) is 16.6. The van der Waals surface area contributed by atoms with Gasteiger partial charge in [-0.25, -0.2) is 8.78 Å².